The number of alkyl halides is 3. The van der Waals surface area contributed by atoms with E-state index < -0.39 is 23.3 Å². The number of carbonyl (C=O) groups excluding carboxylic acids is 1. The van der Waals surface area contributed by atoms with E-state index in [0.29, 0.717) is 4.68 Å². The second kappa shape index (κ2) is 5.80. The maximum atomic E-state index is 13.5. The van der Waals surface area contributed by atoms with Crippen molar-refractivity contribution in [3.63, 3.8) is 0 Å². The van der Waals surface area contributed by atoms with E-state index in [2.05, 4.69) is 25.6 Å². The highest BCUT2D eigenvalue weighted by molar-refractivity contribution is 6.04. The minimum absolute atomic E-state index is 0.0591. The molecule has 0 atom stereocenters. The van der Waals surface area contributed by atoms with E-state index >= 15 is 0 Å². The van der Waals surface area contributed by atoms with E-state index in [9.17, 15) is 18.0 Å². The van der Waals surface area contributed by atoms with Gasteiger partial charge < -0.3 is 0 Å². The van der Waals surface area contributed by atoms with Crippen molar-refractivity contribution < 1.29 is 18.0 Å². The standard InChI is InChI=1S/C14H11F3N6O/c1-8-2-4-9(5-3-8)23-11(14(15,16)17)10(6-20-23)12(24)21-13-18-7-19-22-13/h2-7H,1H3,(H2,18,19,21,22,24). The summed E-state index contributed by atoms with van der Waals surface area (Å²) in [7, 11) is 0. The molecule has 2 N–H and O–H groups in total. The van der Waals surface area contributed by atoms with Gasteiger partial charge in [-0.25, -0.2) is 9.78 Å². The van der Waals surface area contributed by atoms with Gasteiger partial charge in [0.15, 0.2) is 5.69 Å². The lowest BCUT2D eigenvalue weighted by atomic mass is 10.2. The van der Waals surface area contributed by atoms with Crippen LogP contribution in [0.25, 0.3) is 5.69 Å². The normalized spacial score (nSPS) is 11.5. The number of anilines is 1. The first-order valence-electron chi connectivity index (χ1n) is 6.75. The number of carbonyl (C=O) groups is 1. The summed E-state index contributed by atoms with van der Waals surface area (Å²) in [6, 6.07) is 6.31. The number of aryl methyl sites for hydroxylation is 1. The van der Waals surface area contributed by atoms with E-state index in [1.807, 2.05) is 6.92 Å². The zero-order valence-corrected chi connectivity index (χ0v) is 12.3. The molecule has 7 nitrogen and oxygen atoms in total. The summed E-state index contributed by atoms with van der Waals surface area (Å²) in [5.74, 6) is -1.05. The van der Waals surface area contributed by atoms with Crippen LogP contribution in [0.4, 0.5) is 19.1 Å². The molecule has 1 amide bonds. The van der Waals surface area contributed by atoms with E-state index in [1.165, 1.54) is 12.1 Å². The lowest BCUT2D eigenvalue weighted by Gasteiger charge is -2.12. The summed E-state index contributed by atoms with van der Waals surface area (Å²) in [6.45, 7) is 1.81. The number of halogens is 3. The van der Waals surface area contributed by atoms with Gasteiger partial charge in [0.2, 0.25) is 5.95 Å². The quantitative estimate of drug-likeness (QED) is 0.769. The van der Waals surface area contributed by atoms with Crippen LogP contribution in [-0.4, -0.2) is 30.9 Å². The van der Waals surface area contributed by atoms with Crippen LogP contribution in [0.1, 0.15) is 21.6 Å². The molecule has 0 fully saturated rings. The number of aromatic nitrogens is 5. The molecule has 0 saturated carbocycles. The van der Waals surface area contributed by atoms with Crippen LogP contribution < -0.4 is 5.32 Å². The van der Waals surface area contributed by atoms with Gasteiger partial charge in [0.1, 0.15) is 6.33 Å². The molecular formula is C14H11F3N6O. The number of benzene rings is 1. The number of hydrogen-bond acceptors (Lipinski definition) is 4. The first kappa shape index (κ1) is 15.7. The molecule has 0 spiro atoms. The van der Waals surface area contributed by atoms with Gasteiger partial charge in [-0.05, 0) is 19.1 Å². The molecule has 0 bridgehead atoms. The monoisotopic (exact) mass is 336 g/mol. The summed E-state index contributed by atoms with van der Waals surface area (Å²) in [5, 5.41) is 11.8. The van der Waals surface area contributed by atoms with Crippen molar-refractivity contribution in [2.75, 3.05) is 5.32 Å². The maximum Gasteiger partial charge on any atom is 0.434 e. The third-order valence-corrected chi connectivity index (χ3v) is 3.21. The Bertz CT molecular complexity index is 852. The molecule has 0 aliphatic carbocycles. The van der Waals surface area contributed by atoms with Gasteiger partial charge in [-0.3, -0.25) is 10.1 Å². The van der Waals surface area contributed by atoms with Gasteiger partial charge in [-0.15, -0.1) is 0 Å². The average Bonchev–Trinajstić information content (AvgIpc) is 3.16. The average molecular weight is 336 g/mol. The maximum absolute atomic E-state index is 13.5. The van der Waals surface area contributed by atoms with Crippen molar-refractivity contribution in [3.05, 3.63) is 53.6 Å². The smallest absolute Gasteiger partial charge is 0.291 e. The number of nitrogens with one attached hydrogen (secondary N) is 2. The predicted molar refractivity (Wildman–Crippen MR) is 77.6 cm³/mol. The van der Waals surface area contributed by atoms with Crippen molar-refractivity contribution in [1.82, 2.24) is 25.0 Å². The summed E-state index contributed by atoms with van der Waals surface area (Å²) in [6.07, 6.45) is -2.78. The number of nitrogens with zero attached hydrogens (tertiary/aromatic N) is 4. The first-order valence-corrected chi connectivity index (χ1v) is 6.75. The molecule has 2 heterocycles. The Morgan fingerprint density at radius 1 is 1.25 bits per heavy atom. The van der Waals surface area contributed by atoms with Crippen molar-refractivity contribution in [1.29, 1.82) is 0 Å². The molecule has 2 aromatic heterocycles. The highest BCUT2D eigenvalue weighted by atomic mass is 19.4. The van der Waals surface area contributed by atoms with Gasteiger partial charge in [0.05, 0.1) is 17.4 Å². The lowest BCUT2D eigenvalue weighted by Crippen LogP contribution is -2.21. The molecule has 10 heteroatoms. The van der Waals surface area contributed by atoms with E-state index in [1.54, 1.807) is 12.1 Å². The molecule has 0 aliphatic rings. The largest absolute Gasteiger partial charge is 0.434 e. The molecular weight excluding hydrogens is 325 g/mol. The molecule has 124 valence electrons. The van der Waals surface area contributed by atoms with Crippen molar-refractivity contribution in [2.24, 2.45) is 0 Å². The third-order valence-electron chi connectivity index (χ3n) is 3.21. The Labute approximate surface area is 133 Å². The Kier molecular flexibility index (Phi) is 3.80. The first-order chi connectivity index (χ1) is 11.4. The fourth-order valence-corrected chi connectivity index (χ4v) is 2.11. The highest BCUT2D eigenvalue weighted by Crippen LogP contribution is 2.33. The van der Waals surface area contributed by atoms with E-state index in [4.69, 9.17) is 0 Å². The third kappa shape index (κ3) is 2.98. The van der Waals surface area contributed by atoms with E-state index in [-0.39, 0.29) is 11.6 Å². The minimum Gasteiger partial charge on any atom is -0.291 e. The van der Waals surface area contributed by atoms with Gasteiger partial charge in [0.25, 0.3) is 5.91 Å². The minimum atomic E-state index is -4.77. The van der Waals surface area contributed by atoms with Crippen molar-refractivity contribution in [3.8, 4) is 5.69 Å². The molecule has 3 rings (SSSR count). The van der Waals surface area contributed by atoms with Gasteiger partial charge in [0, 0.05) is 0 Å². The Balaban J connectivity index is 2.04. The van der Waals surface area contributed by atoms with E-state index in [0.717, 1.165) is 18.1 Å². The zero-order valence-electron chi connectivity index (χ0n) is 12.3. The van der Waals surface area contributed by atoms with Crippen LogP contribution in [0, 0.1) is 6.92 Å². The van der Waals surface area contributed by atoms with Crippen molar-refractivity contribution in [2.45, 2.75) is 13.1 Å². The molecule has 3 aromatic rings. The molecule has 0 unspecified atom stereocenters. The fraction of sp³-hybridized carbons (Fsp3) is 0.143. The van der Waals surface area contributed by atoms with Gasteiger partial charge in [-0.1, -0.05) is 17.7 Å². The second-order valence-corrected chi connectivity index (χ2v) is 4.94. The Morgan fingerprint density at radius 3 is 2.54 bits per heavy atom. The molecule has 24 heavy (non-hydrogen) atoms. The van der Waals surface area contributed by atoms with Gasteiger partial charge in [-0.2, -0.15) is 28.4 Å². The van der Waals surface area contributed by atoms with Crippen molar-refractivity contribution >= 4 is 11.9 Å². The highest BCUT2D eigenvalue weighted by Gasteiger charge is 2.40. The fourth-order valence-electron chi connectivity index (χ4n) is 2.11. The Morgan fingerprint density at radius 2 is 1.96 bits per heavy atom. The number of aromatic amines is 1. The number of hydrogen-bond donors (Lipinski definition) is 2. The molecule has 0 aliphatic heterocycles. The summed E-state index contributed by atoms with van der Waals surface area (Å²) >= 11 is 0. The van der Waals surface area contributed by atoms with Crippen LogP contribution >= 0.6 is 0 Å². The van der Waals surface area contributed by atoms with Crippen LogP contribution in [-0.2, 0) is 6.18 Å². The number of H-pyrrole nitrogens is 1. The predicted octanol–water partition coefficient (Wildman–Crippen LogP) is 2.57. The lowest BCUT2D eigenvalue weighted by molar-refractivity contribution is -0.143. The number of amides is 1. The molecule has 0 saturated heterocycles. The van der Waals surface area contributed by atoms with Crippen LogP contribution in [0.2, 0.25) is 0 Å². The van der Waals surface area contributed by atoms with Crippen LogP contribution in [0.15, 0.2) is 36.8 Å². The molecule has 1 aromatic carbocycles. The van der Waals surface area contributed by atoms with Gasteiger partial charge >= 0.3 is 6.18 Å². The summed E-state index contributed by atoms with van der Waals surface area (Å²) < 4.78 is 41.1. The summed E-state index contributed by atoms with van der Waals surface area (Å²) in [4.78, 5) is 15.8. The Hall–Kier alpha value is -3.17. The second-order valence-electron chi connectivity index (χ2n) is 4.94. The van der Waals surface area contributed by atoms with Crippen LogP contribution in [0.3, 0.4) is 0 Å². The molecule has 0 radical (unpaired) electrons. The topological polar surface area (TPSA) is 88.5 Å². The zero-order chi connectivity index (χ0) is 17.3. The number of rotatable bonds is 3. The van der Waals surface area contributed by atoms with Crippen LogP contribution in [0.5, 0.6) is 0 Å². The summed E-state index contributed by atoms with van der Waals surface area (Å²) in [5.41, 5.74) is -0.683. The SMILES string of the molecule is Cc1ccc(-n2ncc(C(=O)Nc3ncn[nH]3)c2C(F)(F)F)cc1.